The first kappa shape index (κ1) is 25.0. The first-order chi connectivity index (χ1) is 16.1. The lowest BCUT2D eigenvalue weighted by Gasteiger charge is -2.31. The summed E-state index contributed by atoms with van der Waals surface area (Å²) in [7, 11) is 0. The van der Waals surface area contributed by atoms with Gasteiger partial charge in [-0.05, 0) is 68.4 Å². The van der Waals surface area contributed by atoms with Crippen molar-refractivity contribution >= 4 is 11.9 Å². The van der Waals surface area contributed by atoms with Crippen molar-refractivity contribution in [3.8, 4) is 11.8 Å². The van der Waals surface area contributed by atoms with Crippen LogP contribution in [-0.2, 0) is 14.3 Å². The van der Waals surface area contributed by atoms with Crippen LogP contribution < -0.4 is 4.74 Å². The zero-order valence-electron chi connectivity index (χ0n) is 19.7. The van der Waals surface area contributed by atoms with Crippen LogP contribution in [0.5, 0.6) is 5.75 Å². The van der Waals surface area contributed by atoms with Gasteiger partial charge in [-0.1, -0.05) is 57.2 Å². The standard InChI is InChI=1S/C28H37NO4/c1-2-27(30)32-19-5-6-21-9-11-22(12-10-21)13-14-23-15-17-24(18-16-23)28(31)33-26-8-4-3-7-25(26)20-29/h2-4,7-8,21-24H,1,5-6,9-19H2/t21-,22-,23-,24-. The van der Waals surface area contributed by atoms with E-state index in [0.29, 0.717) is 17.9 Å². The van der Waals surface area contributed by atoms with Gasteiger partial charge in [-0.3, -0.25) is 4.79 Å². The minimum Gasteiger partial charge on any atom is -0.463 e. The highest BCUT2D eigenvalue weighted by molar-refractivity contribution is 5.81. The fraction of sp³-hybridized carbons (Fsp3) is 0.607. The maximum absolute atomic E-state index is 12.6. The third kappa shape index (κ3) is 8.03. The van der Waals surface area contributed by atoms with Crippen LogP contribution in [0.15, 0.2) is 36.9 Å². The summed E-state index contributed by atoms with van der Waals surface area (Å²) in [6, 6.07) is 9.01. The SMILES string of the molecule is C=CC(=O)OCCC[C@H]1CC[C@H](CC[C@H]2CC[C@H](C(=O)Oc3ccccc3C#N)CC2)CC1. The van der Waals surface area contributed by atoms with Gasteiger partial charge < -0.3 is 9.47 Å². The summed E-state index contributed by atoms with van der Waals surface area (Å²) in [5.41, 5.74) is 0.408. The number of hydrogen-bond donors (Lipinski definition) is 0. The van der Waals surface area contributed by atoms with Crippen molar-refractivity contribution in [2.45, 2.75) is 77.0 Å². The molecule has 0 radical (unpaired) electrons. The Balaban J connectivity index is 1.28. The maximum atomic E-state index is 12.6. The zero-order chi connectivity index (χ0) is 23.5. The Labute approximate surface area is 198 Å². The molecule has 1 aromatic rings. The highest BCUT2D eigenvalue weighted by atomic mass is 16.5. The lowest BCUT2D eigenvalue weighted by atomic mass is 9.75. The first-order valence-corrected chi connectivity index (χ1v) is 12.6. The number of nitrogens with zero attached hydrogens (tertiary/aromatic N) is 1. The average Bonchev–Trinajstić information content (AvgIpc) is 2.86. The van der Waals surface area contributed by atoms with Crippen molar-refractivity contribution in [2.75, 3.05) is 6.61 Å². The molecule has 0 heterocycles. The summed E-state index contributed by atoms with van der Waals surface area (Å²) < 4.78 is 10.6. The second-order valence-electron chi connectivity index (χ2n) is 9.72. The van der Waals surface area contributed by atoms with E-state index in [2.05, 4.69) is 12.6 Å². The molecule has 0 amide bonds. The smallest absolute Gasteiger partial charge is 0.330 e. The second-order valence-corrected chi connectivity index (χ2v) is 9.72. The third-order valence-electron chi connectivity index (χ3n) is 7.52. The van der Waals surface area contributed by atoms with E-state index in [0.717, 1.165) is 56.3 Å². The highest BCUT2D eigenvalue weighted by Gasteiger charge is 2.29. The van der Waals surface area contributed by atoms with Crippen molar-refractivity contribution < 1.29 is 19.1 Å². The molecule has 3 rings (SSSR count). The average molecular weight is 452 g/mol. The summed E-state index contributed by atoms with van der Waals surface area (Å²) in [6.07, 6.45) is 15.1. The van der Waals surface area contributed by atoms with E-state index < -0.39 is 0 Å². The van der Waals surface area contributed by atoms with Gasteiger partial charge in [-0.15, -0.1) is 0 Å². The van der Waals surface area contributed by atoms with Gasteiger partial charge in [0.05, 0.1) is 18.1 Å². The molecule has 2 aliphatic carbocycles. The molecule has 178 valence electrons. The minimum absolute atomic E-state index is 0.0470. The number of para-hydroxylation sites is 1. The molecule has 0 aliphatic heterocycles. The van der Waals surface area contributed by atoms with Crippen molar-refractivity contribution in [1.29, 1.82) is 5.26 Å². The summed E-state index contributed by atoms with van der Waals surface area (Å²) in [5, 5.41) is 9.17. The minimum atomic E-state index is -0.325. The predicted octanol–water partition coefficient (Wildman–Crippen LogP) is 6.37. The summed E-state index contributed by atoms with van der Waals surface area (Å²) in [4.78, 5) is 23.6. The summed E-state index contributed by atoms with van der Waals surface area (Å²) in [6.45, 7) is 3.92. The molecular weight excluding hydrogens is 414 g/mol. The molecule has 2 saturated carbocycles. The number of rotatable bonds is 10. The summed E-state index contributed by atoms with van der Waals surface area (Å²) in [5.74, 6) is 2.15. The molecular formula is C28H37NO4. The monoisotopic (exact) mass is 451 g/mol. The largest absolute Gasteiger partial charge is 0.463 e. The van der Waals surface area contributed by atoms with Crippen LogP contribution in [0.25, 0.3) is 0 Å². The van der Waals surface area contributed by atoms with Crippen LogP contribution in [0, 0.1) is 35.0 Å². The van der Waals surface area contributed by atoms with E-state index in [-0.39, 0.29) is 17.9 Å². The van der Waals surface area contributed by atoms with Crippen molar-refractivity contribution in [3.63, 3.8) is 0 Å². The summed E-state index contributed by atoms with van der Waals surface area (Å²) >= 11 is 0. The number of hydrogen-bond acceptors (Lipinski definition) is 5. The van der Waals surface area contributed by atoms with Crippen molar-refractivity contribution in [2.24, 2.45) is 23.7 Å². The van der Waals surface area contributed by atoms with Crippen LogP contribution in [0.4, 0.5) is 0 Å². The second kappa shape index (κ2) is 13.2. The number of nitriles is 1. The van der Waals surface area contributed by atoms with E-state index in [4.69, 9.17) is 9.47 Å². The van der Waals surface area contributed by atoms with E-state index in [1.165, 1.54) is 44.6 Å². The van der Waals surface area contributed by atoms with Gasteiger partial charge in [0.2, 0.25) is 0 Å². The van der Waals surface area contributed by atoms with Crippen LogP contribution in [0.1, 0.15) is 82.6 Å². The van der Waals surface area contributed by atoms with Gasteiger partial charge in [-0.25, -0.2) is 4.79 Å². The predicted molar refractivity (Wildman–Crippen MR) is 127 cm³/mol. The Kier molecular flexibility index (Phi) is 10.00. The lowest BCUT2D eigenvalue weighted by Crippen LogP contribution is -2.26. The molecule has 1 aromatic carbocycles. The van der Waals surface area contributed by atoms with E-state index in [1.54, 1.807) is 24.3 Å². The molecule has 5 heteroatoms. The first-order valence-electron chi connectivity index (χ1n) is 12.6. The Morgan fingerprint density at radius 2 is 1.52 bits per heavy atom. The normalized spacial score (nSPS) is 24.9. The fourth-order valence-corrected chi connectivity index (χ4v) is 5.41. The van der Waals surface area contributed by atoms with Crippen LogP contribution in [0.3, 0.4) is 0 Å². The lowest BCUT2D eigenvalue weighted by molar-refractivity contribution is -0.140. The van der Waals surface area contributed by atoms with Gasteiger partial charge >= 0.3 is 11.9 Å². The molecule has 0 spiro atoms. The van der Waals surface area contributed by atoms with Gasteiger partial charge in [-0.2, -0.15) is 5.26 Å². The Morgan fingerprint density at radius 1 is 0.939 bits per heavy atom. The maximum Gasteiger partial charge on any atom is 0.330 e. The molecule has 2 aliphatic rings. The van der Waals surface area contributed by atoms with Gasteiger partial charge in [0.1, 0.15) is 11.8 Å². The zero-order valence-corrected chi connectivity index (χ0v) is 19.7. The van der Waals surface area contributed by atoms with Crippen LogP contribution >= 0.6 is 0 Å². The Hall–Kier alpha value is -2.61. The van der Waals surface area contributed by atoms with E-state index >= 15 is 0 Å². The van der Waals surface area contributed by atoms with E-state index in [1.807, 2.05) is 0 Å². The number of esters is 2. The molecule has 0 unspecified atom stereocenters. The molecule has 0 aromatic heterocycles. The quantitative estimate of drug-likeness (QED) is 0.179. The number of carbonyl (C=O) groups excluding carboxylic acids is 2. The van der Waals surface area contributed by atoms with Crippen LogP contribution in [-0.4, -0.2) is 18.5 Å². The van der Waals surface area contributed by atoms with Crippen molar-refractivity contribution in [1.82, 2.24) is 0 Å². The fourth-order valence-electron chi connectivity index (χ4n) is 5.41. The van der Waals surface area contributed by atoms with Gasteiger partial charge in [0.15, 0.2) is 0 Å². The Bertz CT molecular complexity index is 827. The molecule has 5 nitrogen and oxygen atoms in total. The van der Waals surface area contributed by atoms with Crippen molar-refractivity contribution in [3.05, 3.63) is 42.5 Å². The molecule has 0 atom stereocenters. The number of carbonyl (C=O) groups is 2. The molecule has 0 saturated heterocycles. The number of ether oxygens (including phenoxy) is 2. The van der Waals surface area contributed by atoms with Gasteiger partial charge in [0.25, 0.3) is 0 Å². The molecule has 0 bridgehead atoms. The molecule has 0 N–H and O–H groups in total. The third-order valence-corrected chi connectivity index (χ3v) is 7.52. The molecule has 2 fully saturated rings. The number of benzene rings is 1. The van der Waals surface area contributed by atoms with Crippen LogP contribution in [0.2, 0.25) is 0 Å². The Morgan fingerprint density at radius 3 is 2.12 bits per heavy atom. The topological polar surface area (TPSA) is 76.4 Å². The highest BCUT2D eigenvalue weighted by Crippen LogP contribution is 2.38. The molecule has 33 heavy (non-hydrogen) atoms. The van der Waals surface area contributed by atoms with E-state index in [9.17, 15) is 14.9 Å². The van der Waals surface area contributed by atoms with Gasteiger partial charge in [0, 0.05) is 6.08 Å².